The standard InChI is InChI=1S/C16H32I2O/c17-13-9-5-1-3-7-11-15-19-16-12-8-4-2-6-10-14-18/h1-16H2. The van der Waals surface area contributed by atoms with Crippen LogP contribution in [-0.2, 0) is 4.74 Å². The van der Waals surface area contributed by atoms with Gasteiger partial charge in [-0.3, -0.25) is 0 Å². The number of hydrogen-bond acceptors (Lipinski definition) is 1. The summed E-state index contributed by atoms with van der Waals surface area (Å²) in [5.74, 6) is 0. The second-order valence-electron chi connectivity index (χ2n) is 5.23. The van der Waals surface area contributed by atoms with Gasteiger partial charge in [-0.2, -0.15) is 0 Å². The molecule has 0 radical (unpaired) electrons. The van der Waals surface area contributed by atoms with Crippen LogP contribution in [0.1, 0.15) is 77.0 Å². The molecule has 0 aliphatic carbocycles. The van der Waals surface area contributed by atoms with Crippen molar-refractivity contribution in [2.45, 2.75) is 77.0 Å². The number of halogens is 2. The minimum Gasteiger partial charge on any atom is -0.381 e. The highest BCUT2D eigenvalue weighted by molar-refractivity contribution is 14.1. The van der Waals surface area contributed by atoms with E-state index in [4.69, 9.17) is 4.74 Å². The van der Waals surface area contributed by atoms with E-state index in [9.17, 15) is 0 Å². The molecule has 0 spiro atoms. The summed E-state index contributed by atoms with van der Waals surface area (Å²) in [6.45, 7) is 1.97. The molecule has 0 saturated heterocycles. The van der Waals surface area contributed by atoms with Gasteiger partial charge in [0.1, 0.15) is 0 Å². The van der Waals surface area contributed by atoms with Crippen molar-refractivity contribution in [1.29, 1.82) is 0 Å². The van der Waals surface area contributed by atoms with Gasteiger partial charge in [-0.25, -0.2) is 0 Å². The zero-order chi connectivity index (χ0) is 14.0. The molecule has 0 aliphatic rings. The molecule has 0 bridgehead atoms. The molecule has 0 aromatic carbocycles. The van der Waals surface area contributed by atoms with Crippen LogP contribution in [0.15, 0.2) is 0 Å². The molecule has 0 fully saturated rings. The van der Waals surface area contributed by atoms with E-state index in [0.29, 0.717) is 0 Å². The van der Waals surface area contributed by atoms with Gasteiger partial charge in [-0.15, -0.1) is 0 Å². The lowest BCUT2D eigenvalue weighted by atomic mass is 10.1. The molecule has 116 valence electrons. The first-order chi connectivity index (χ1) is 9.41. The van der Waals surface area contributed by atoms with Gasteiger partial charge in [0.25, 0.3) is 0 Å². The lowest BCUT2D eigenvalue weighted by Crippen LogP contribution is -1.97. The van der Waals surface area contributed by atoms with E-state index in [1.165, 1.54) is 85.9 Å². The molecule has 19 heavy (non-hydrogen) atoms. The van der Waals surface area contributed by atoms with E-state index >= 15 is 0 Å². The smallest absolute Gasteiger partial charge is 0.0466 e. The Kier molecular flexibility index (Phi) is 20.9. The lowest BCUT2D eigenvalue weighted by Gasteiger charge is -2.04. The molecule has 1 nitrogen and oxygen atoms in total. The first-order valence-corrected chi connectivity index (χ1v) is 11.2. The molecule has 3 heteroatoms. The summed E-state index contributed by atoms with van der Waals surface area (Å²) in [4.78, 5) is 0. The number of unbranched alkanes of at least 4 members (excludes halogenated alkanes) is 10. The van der Waals surface area contributed by atoms with Crippen molar-refractivity contribution in [2.75, 3.05) is 22.1 Å². The average Bonchev–Trinajstić information content (AvgIpc) is 2.43. The molecule has 0 rings (SSSR count). The second kappa shape index (κ2) is 19.4. The number of ether oxygens (including phenoxy) is 1. The maximum absolute atomic E-state index is 5.69. The third-order valence-corrected chi connectivity index (χ3v) is 4.87. The normalized spacial score (nSPS) is 11.1. The van der Waals surface area contributed by atoms with E-state index in [-0.39, 0.29) is 0 Å². The summed E-state index contributed by atoms with van der Waals surface area (Å²) in [5, 5.41) is 0. The molecule has 0 aromatic rings. The molecule has 0 heterocycles. The zero-order valence-corrected chi connectivity index (χ0v) is 16.8. The van der Waals surface area contributed by atoms with Crippen molar-refractivity contribution in [3.63, 3.8) is 0 Å². The fourth-order valence-electron chi connectivity index (χ4n) is 2.11. The molecule has 0 atom stereocenters. The van der Waals surface area contributed by atoms with Crippen molar-refractivity contribution in [3.8, 4) is 0 Å². The minimum atomic E-state index is 0.987. The van der Waals surface area contributed by atoms with Crippen molar-refractivity contribution in [1.82, 2.24) is 0 Å². The highest BCUT2D eigenvalue weighted by atomic mass is 127. The first-order valence-electron chi connectivity index (χ1n) is 8.11. The van der Waals surface area contributed by atoms with E-state index < -0.39 is 0 Å². The van der Waals surface area contributed by atoms with Crippen molar-refractivity contribution in [2.24, 2.45) is 0 Å². The van der Waals surface area contributed by atoms with Crippen LogP contribution in [0, 0.1) is 0 Å². The SMILES string of the molecule is ICCCCCCCCOCCCCCCCCI. The van der Waals surface area contributed by atoms with E-state index in [1.54, 1.807) is 0 Å². The number of alkyl halides is 2. The quantitative estimate of drug-likeness (QED) is 0.134. The fraction of sp³-hybridized carbons (Fsp3) is 1.00. The maximum Gasteiger partial charge on any atom is 0.0466 e. The van der Waals surface area contributed by atoms with Gasteiger partial charge in [-0.1, -0.05) is 96.5 Å². The fourth-order valence-corrected chi connectivity index (χ4v) is 3.19. The van der Waals surface area contributed by atoms with Crippen molar-refractivity contribution < 1.29 is 4.74 Å². The predicted octanol–water partition coefficient (Wildman–Crippen LogP) is 6.55. The van der Waals surface area contributed by atoms with Crippen molar-refractivity contribution >= 4 is 45.2 Å². The summed E-state index contributed by atoms with van der Waals surface area (Å²) >= 11 is 4.93. The molecule has 0 aromatic heterocycles. The zero-order valence-electron chi connectivity index (χ0n) is 12.5. The predicted molar refractivity (Wildman–Crippen MR) is 104 cm³/mol. The van der Waals surface area contributed by atoms with Gasteiger partial charge in [0.05, 0.1) is 0 Å². The van der Waals surface area contributed by atoms with Gasteiger partial charge in [-0.05, 0) is 34.5 Å². The Morgan fingerprint density at radius 2 is 0.737 bits per heavy atom. The highest BCUT2D eigenvalue weighted by Gasteiger charge is 1.93. The van der Waals surface area contributed by atoms with Crippen LogP contribution in [0.4, 0.5) is 0 Å². The molecular weight excluding hydrogens is 462 g/mol. The van der Waals surface area contributed by atoms with Crippen LogP contribution >= 0.6 is 45.2 Å². The summed E-state index contributed by atoms with van der Waals surface area (Å²) in [6.07, 6.45) is 16.5. The van der Waals surface area contributed by atoms with E-state index in [2.05, 4.69) is 45.2 Å². The monoisotopic (exact) mass is 494 g/mol. The van der Waals surface area contributed by atoms with Crippen LogP contribution < -0.4 is 0 Å². The Morgan fingerprint density at radius 3 is 1.11 bits per heavy atom. The Morgan fingerprint density at radius 1 is 0.421 bits per heavy atom. The molecule has 0 unspecified atom stereocenters. The first kappa shape index (κ1) is 20.4. The third kappa shape index (κ3) is 19.4. The molecule has 0 aliphatic heterocycles. The van der Waals surface area contributed by atoms with Crippen LogP contribution in [0.2, 0.25) is 0 Å². The van der Waals surface area contributed by atoms with Crippen LogP contribution in [0.5, 0.6) is 0 Å². The third-order valence-electron chi connectivity index (χ3n) is 3.34. The Bertz CT molecular complexity index is 138. The van der Waals surface area contributed by atoms with Crippen LogP contribution in [0.25, 0.3) is 0 Å². The maximum atomic E-state index is 5.69. The summed E-state index contributed by atoms with van der Waals surface area (Å²) < 4.78 is 8.32. The average molecular weight is 494 g/mol. The number of hydrogen-bond donors (Lipinski definition) is 0. The Hall–Kier alpha value is 1.42. The Labute approximate surface area is 148 Å². The molecule has 0 saturated carbocycles. The van der Waals surface area contributed by atoms with Crippen LogP contribution in [-0.4, -0.2) is 22.1 Å². The highest BCUT2D eigenvalue weighted by Crippen LogP contribution is 2.08. The topological polar surface area (TPSA) is 9.23 Å². The van der Waals surface area contributed by atoms with Gasteiger partial charge in [0, 0.05) is 13.2 Å². The lowest BCUT2D eigenvalue weighted by molar-refractivity contribution is 0.125. The van der Waals surface area contributed by atoms with Gasteiger partial charge >= 0.3 is 0 Å². The second-order valence-corrected chi connectivity index (χ2v) is 7.39. The van der Waals surface area contributed by atoms with E-state index in [0.717, 1.165) is 13.2 Å². The van der Waals surface area contributed by atoms with Gasteiger partial charge in [0.15, 0.2) is 0 Å². The van der Waals surface area contributed by atoms with Crippen molar-refractivity contribution in [3.05, 3.63) is 0 Å². The Balaban J connectivity index is 2.88. The molecular formula is C16H32I2O. The number of rotatable bonds is 16. The molecule has 0 N–H and O–H groups in total. The summed E-state index contributed by atoms with van der Waals surface area (Å²) in [5.41, 5.74) is 0. The summed E-state index contributed by atoms with van der Waals surface area (Å²) in [7, 11) is 0. The summed E-state index contributed by atoms with van der Waals surface area (Å²) in [6, 6.07) is 0. The molecule has 0 amide bonds. The minimum absolute atomic E-state index is 0.987. The van der Waals surface area contributed by atoms with Crippen LogP contribution in [0.3, 0.4) is 0 Å². The van der Waals surface area contributed by atoms with Gasteiger partial charge < -0.3 is 4.74 Å². The largest absolute Gasteiger partial charge is 0.381 e. The van der Waals surface area contributed by atoms with Gasteiger partial charge in [0.2, 0.25) is 0 Å². The van der Waals surface area contributed by atoms with E-state index in [1.807, 2.05) is 0 Å².